The molecular formula is C26H24N2O5. The molecule has 1 heterocycles. The average Bonchev–Trinajstić information content (AvgIpc) is 2.99. The van der Waals surface area contributed by atoms with Crippen molar-refractivity contribution in [3.05, 3.63) is 90.0 Å². The number of carbonyl (C=O) groups is 3. The van der Waals surface area contributed by atoms with Crippen LogP contribution in [0.3, 0.4) is 0 Å². The zero-order chi connectivity index (χ0) is 23.6. The Kier molecular flexibility index (Phi) is 5.87. The number of ether oxygens (including phenoxy) is 2. The summed E-state index contributed by atoms with van der Waals surface area (Å²) in [6, 6.07) is 22.6. The van der Waals surface area contributed by atoms with Gasteiger partial charge in [0.1, 0.15) is 17.0 Å². The molecule has 0 aliphatic carbocycles. The molecule has 7 nitrogen and oxygen atoms in total. The van der Waals surface area contributed by atoms with Crippen molar-refractivity contribution in [2.75, 3.05) is 12.0 Å². The Hall–Kier alpha value is -4.13. The van der Waals surface area contributed by atoms with Gasteiger partial charge in [0.25, 0.3) is 5.91 Å². The van der Waals surface area contributed by atoms with Gasteiger partial charge in [0, 0.05) is 5.56 Å². The maximum atomic E-state index is 13.4. The van der Waals surface area contributed by atoms with Crippen LogP contribution in [0.25, 0.3) is 0 Å². The van der Waals surface area contributed by atoms with Gasteiger partial charge in [0.15, 0.2) is 0 Å². The lowest BCUT2D eigenvalue weighted by Crippen LogP contribution is -2.43. The third kappa shape index (κ3) is 4.17. The fourth-order valence-corrected chi connectivity index (χ4v) is 3.74. The average molecular weight is 444 g/mol. The predicted molar refractivity (Wildman–Crippen MR) is 123 cm³/mol. The van der Waals surface area contributed by atoms with E-state index in [1.165, 1.54) is 18.1 Å². The summed E-state index contributed by atoms with van der Waals surface area (Å²) in [6.07, 6.45) is 0. The summed E-state index contributed by atoms with van der Waals surface area (Å²) in [4.78, 5) is 41.3. The molecule has 0 N–H and O–H groups in total. The third-order valence-electron chi connectivity index (χ3n) is 5.62. The van der Waals surface area contributed by atoms with Crippen LogP contribution in [0, 0.1) is 0 Å². The van der Waals surface area contributed by atoms with Gasteiger partial charge in [0.2, 0.25) is 0 Å². The van der Waals surface area contributed by atoms with Crippen molar-refractivity contribution in [3.8, 4) is 11.5 Å². The van der Waals surface area contributed by atoms with Crippen LogP contribution in [0.1, 0.15) is 29.8 Å². The number of methoxy groups -OCH3 is 1. The molecule has 3 aromatic carbocycles. The fraction of sp³-hybridized carbons (Fsp3) is 0.192. The first-order valence-electron chi connectivity index (χ1n) is 10.5. The summed E-state index contributed by atoms with van der Waals surface area (Å²) in [6.45, 7) is 3.59. The summed E-state index contributed by atoms with van der Waals surface area (Å²) in [5.74, 6) is 0.357. The molecule has 0 radical (unpaired) electrons. The monoisotopic (exact) mass is 444 g/mol. The smallest absolute Gasteiger partial charge is 0.337 e. The minimum Gasteiger partial charge on any atom is -0.465 e. The zero-order valence-corrected chi connectivity index (χ0v) is 18.6. The van der Waals surface area contributed by atoms with E-state index in [0.717, 1.165) is 10.5 Å². The minimum absolute atomic E-state index is 0.174. The van der Waals surface area contributed by atoms with Gasteiger partial charge < -0.3 is 14.4 Å². The molecule has 3 aromatic rings. The van der Waals surface area contributed by atoms with E-state index in [-0.39, 0.29) is 18.0 Å². The number of imide groups is 1. The highest BCUT2D eigenvalue weighted by atomic mass is 16.5. The molecule has 0 atom stereocenters. The lowest BCUT2D eigenvalue weighted by atomic mass is 10.0. The van der Waals surface area contributed by atoms with Crippen LogP contribution in [-0.4, -0.2) is 35.5 Å². The largest absolute Gasteiger partial charge is 0.465 e. The Morgan fingerprint density at radius 3 is 2.33 bits per heavy atom. The molecule has 1 fully saturated rings. The topological polar surface area (TPSA) is 76.2 Å². The summed E-state index contributed by atoms with van der Waals surface area (Å²) in [5.41, 5.74) is 0.240. The Bertz CT molecular complexity index is 1210. The van der Waals surface area contributed by atoms with Gasteiger partial charge in [-0.3, -0.25) is 4.79 Å². The summed E-state index contributed by atoms with van der Waals surface area (Å²) in [7, 11) is 1.28. The van der Waals surface area contributed by atoms with Crippen molar-refractivity contribution in [3.63, 3.8) is 0 Å². The number of benzene rings is 3. The number of rotatable bonds is 6. The summed E-state index contributed by atoms with van der Waals surface area (Å²) in [5, 5.41) is 0. The number of urea groups is 1. The van der Waals surface area contributed by atoms with E-state index in [1.807, 2.05) is 54.6 Å². The molecule has 1 aliphatic rings. The fourth-order valence-electron chi connectivity index (χ4n) is 3.74. The van der Waals surface area contributed by atoms with Gasteiger partial charge in [0.05, 0.1) is 24.9 Å². The van der Waals surface area contributed by atoms with Crippen molar-refractivity contribution in [1.82, 2.24) is 4.90 Å². The summed E-state index contributed by atoms with van der Waals surface area (Å²) >= 11 is 0. The van der Waals surface area contributed by atoms with Crippen LogP contribution in [0.15, 0.2) is 78.9 Å². The van der Waals surface area contributed by atoms with Crippen LogP contribution in [0.5, 0.6) is 11.5 Å². The molecular weight excluding hydrogens is 420 g/mol. The van der Waals surface area contributed by atoms with Gasteiger partial charge in [-0.15, -0.1) is 0 Å². The molecule has 1 saturated heterocycles. The normalized spacial score (nSPS) is 15.0. The molecule has 0 spiro atoms. The molecule has 0 saturated carbocycles. The van der Waals surface area contributed by atoms with E-state index in [4.69, 9.17) is 9.47 Å². The first-order valence-corrected chi connectivity index (χ1v) is 10.5. The number of anilines is 1. The van der Waals surface area contributed by atoms with Gasteiger partial charge >= 0.3 is 12.0 Å². The highest BCUT2D eigenvalue weighted by Crippen LogP contribution is 2.35. The Morgan fingerprint density at radius 2 is 1.61 bits per heavy atom. The molecule has 3 amide bonds. The van der Waals surface area contributed by atoms with Gasteiger partial charge in [-0.1, -0.05) is 42.5 Å². The SMILES string of the molecule is COC(=O)c1cccc(N2C(=O)N(Cc3ccccc3Oc3ccccc3)C(C)(C)C2=O)c1. The van der Waals surface area contributed by atoms with E-state index in [2.05, 4.69) is 0 Å². The maximum absolute atomic E-state index is 13.4. The zero-order valence-electron chi connectivity index (χ0n) is 18.6. The molecule has 33 heavy (non-hydrogen) atoms. The first kappa shape index (κ1) is 22.1. The van der Waals surface area contributed by atoms with Crippen molar-refractivity contribution in [1.29, 1.82) is 0 Å². The van der Waals surface area contributed by atoms with Gasteiger partial charge in [-0.05, 0) is 50.2 Å². The molecule has 0 aromatic heterocycles. The van der Waals surface area contributed by atoms with Crippen LogP contribution >= 0.6 is 0 Å². The number of nitrogens with zero attached hydrogens (tertiary/aromatic N) is 2. The highest BCUT2D eigenvalue weighted by Gasteiger charge is 2.52. The maximum Gasteiger partial charge on any atom is 0.337 e. The number of esters is 1. The van der Waals surface area contributed by atoms with Crippen LogP contribution in [-0.2, 0) is 16.1 Å². The first-order chi connectivity index (χ1) is 15.8. The third-order valence-corrected chi connectivity index (χ3v) is 5.62. The van der Waals surface area contributed by atoms with E-state index in [9.17, 15) is 14.4 Å². The van der Waals surface area contributed by atoms with E-state index in [0.29, 0.717) is 17.2 Å². The van der Waals surface area contributed by atoms with Crippen molar-refractivity contribution >= 4 is 23.6 Å². The van der Waals surface area contributed by atoms with Crippen LogP contribution in [0.4, 0.5) is 10.5 Å². The van der Waals surface area contributed by atoms with Gasteiger partial charge in [-0.25, -0.2) is 14.5 Å². The molecule has 0 unspecified atom stereocenters. The number of carbonyl (C=O) groups excluding carboxylic acids is 3. The lowest BCUT2D eigenvalue weighted by Gasteiger charge is -2.28. The minimum atomic E-state index is -1.10. The number of amides is 3. The quantitative estimate of drug-likeness (QED) is 0.394. The Labute approximate surface area is 192 Å². The predicted octanol–water partition coefficient (Wildman–Crippen LogP) is 5.01. The second-order valence-corrected chi connectivity index (χ2v) is 8.13. The molecule has 168 valence electrons. The number of hydrogen-bond donors (Lipinski definition) is 0. The lowest BCUT2D eigenvalue weighted by molar-refractivity contribution is -0.123. The molecule has 4 rings (SSSR count). The molecule has 7 heteroatoms. The van der Waals surface area contributed by atoms with Crippen molar-refractivity contribution < 1.29 is 23.9 Å². The van der Waals surface area contributed by atoms with Gasteiger partial charge in [-0.2, -0.15) is 0 Å². The van der Waals surface area contributed by atoms with E-state index in [1.54, 1.807) is 32.0 Å². The Morgan fingerprint density at radius 1 is 0.909 bits per heavy atom. The van der Waals surface area contributed by atoms with Crippen LogP contribution in [0.2, 0.25) is 0 Å². The van der Waals surface area contributed by atoms with Crippen LogP contribution < -0.4 is 9.64 Å². The number of para-hydroxylation sites is 2. The van der Waals surface area contributed by atoms with Crippen molar-refractivity contribution in [2.45, 2.75) is 25.9 Å². The second-order valence-electron chi connectivity index (χ2n) is 8.13. The Balaban J connectivity index is 1.65. The highest BCUT2D eigenvalue weighted by molar-refractivity contribution is 6.23. The summed E-state index contributed by atoms with van der Waals surface area (Å²) < 4.78 is 10.8. The number of hydrogen-bond acceptors (Lipinski definition) is 5. The molecule has 0 bridgehead atoms. The van der Waals surface area contributed by atoms with E-state index < -0.39 is 17.5 Å². The molecule has 1 aliphatic heterocycles. The van der Waals surface area contributed by atoms with E-state index >= 15 is 0 Å². The standard InChI is InChI=1S/C26H24N2O5/c1-26(2)24(30)28(20-12-9-11-18(16-20)23(29)32-3)25(31)27(26)17-19-10-7-8-15-22(19)33-21-13-5-4-6-14-21/h4-16H,17H2,1-3H3. The van der Waals surface area contributed by atoms with Crippen molar-refractivity contribution in [2.24, 2.45) is 0 Å². The second kappa shape index (κ2) is 8.78.